The van der Waals surface area contributed by atoms with E-state index < -0.39 is 11.5 Å². The minimum atomic E-state index is -1.02. The van der Waals surface area contributed by atoms with Crippen molar-refractivity contribution in [3.05, 3.63) is 45.9 Å². The molecule has 25 heavy (non-hydrogen) atoms. The zero-order valence-electron chi connectivity index (χ0n) is 14.3. The Morgan fingerprint density at radius 1 is 1.32 bits per heavy atom. The van der Waals surface area contributed by atoms with Crippen LogP contribution in [0.15, 0.2) is 30.3 Å². The molecule has 0 aliphatic rings. The second-order valence-corrected chi connectivity index (χ2v) is 7.36. The number of benzene rings is 1. The van der Waals surface area contributed by atoms with E-state index in [2.05, 4.69) is 5.32 Å². The molecule has 7 heteroatoms. The number of hydrogen-bond acceptors (Lipinski definition) is 4. The molecule has 1 aromatic carbocycles. The first-order chi connectivity index (χ1) is 11.7. The van der Waals surface area contributed by atoms with Crippen molar-refractivity contribution in [1.82, 2.24) is 5.32 Å². The molecule has 0 fully saturated rings. The molecule has 5 nitrogen and oxygen atoms in total. The highest BCUT2D eigenvalue weighted by molar-refractivity contribution is 7.14. The van der Waals surface area contributed by atoms with E-state index in [0.29, 0.717) is 4.88 Å². The minimum Gasteiger partial charge on any atom is -0.481 e. The lowest BCUT2D eigenvalue weighted by Gasteiger charge is -2.28. The Kier molecular flexibility index (Phi) is 5.92. The number of aryl methyl sites for hydroxylation is 1. The third-order valence-corrected chi connectivity index (χ3v) is 4.77. The summed E-state index contributed by atoms with van der Waals surface area (Å²) in [4.78, 5) is 25.0. The van der Waals surface area contributed by atoms with Gasteiger partial charge in [-0.1, -0.05) is 12.1 Å². The van der Waals surface area contributed by atoms with E-state index in [1.807, 2.05) is 6.92 Å². The van der Waals surface area contributed by atoms with Crippen LogP contribution in [0.3, 0.4) is 0 Å². The van der Waals surface area contributed by atoms with E-state index in [1.165, 1.54) is 30.6 Å². The largest absolute Gasteiger partial charge is 0.481 e. The van der Waals surface area contributed by atoms with Crippen LogP contribution in [0.4, 0.5) is 4.39 Å². The summed E-state index contributed by atoms with van der Waals surface area (Å²) < 4.78 is 18.1. The summed E-state index contributed by atoms with van der Waals surface area (Å²) in [5.41, 5.74) is 0.659. The fourth-order valence-corrected chi connectivity index (χ4v) is 3.57. The Balaban J connectivity index is 2.23. The van der Waals surface area contributed by atoms with Crippen LogP contribution in [-0.4, -0.2) is 36.2 Å². The van der Waals surface area contributed by atoms with Gasteiger partial charge < -0.3 is 15.2 Å². The topological polar surface area (TPSA) is 75.6 Å². The highest BCUT2D eigenvalue weighted by atomic mass is 32.1. The van der Waals surface area contributed by atoms with E-state index in [1.54, 1.807) is 25.1 Å². The Morgan fingerprint density at radius 2 is 1.96 bits per heavy atom. The van der Waals surface area contributed by atoms with Crippen molar-refractivity contribution in [1.29, 1.82) is 0 Å². The second kappa shape index (κ2) is 7.76. The molecule has 1 amide bonds. The molecule has 2 N–H and O–H groups in total. The molecule has 134 valence electrons. The maximum Gasteiger partial charge on any atom is 0.305 e. The summed E-state index contributed by atoms with van der Waals surface area (Å²) in [6.07, 6.45) is -0.248. The van der Waals surface area contributed by atoms with E-state index in [4.69, 9.17) is 9.84 Å². The smallest absolute Gasteiger partial charge is 0.305 e. The molecule has 1 aromatic heterocycles. The van der Waals surface area contributed by atoms with Crippen LogP contribution in [0.5, 0.6) is 0 Å². The summed E-state index contributed by atoms with van der Waals surface area (Å²) in [5, 5.41) is 11.8. The highest BCUT2D eigenvalue weighted by Gasteiger charge is 2.30. The van der Waals surface area contributed by atoms with Gasteiger partial charge in [-0.15, -0.1) is 11.3 Å². The van der Waals surface area contributed by atoms with Gasteiger partial charge in [0.05, 0.1) is 23.4 Å². The van der Waals surface area contributed by atoms with Gasteiger partial charge in [-0.2, -0.15) is 0 Å². The van der Waals surface area contributed by atoms with Crippen LogP contribution in [0.25, 0.3) is 11.1 Å². The normalized spacial score (nSPS) is 13.3. The number of hydrogen-bond donors (Lipinski definition) is 2. The van der Waals surface area contributed by atoms with Gasteiger partial charge in [0.1, 0.15) is 5.82 Å². The summed E-state index contributed by atoms with van der Waals surface area (Å²) in [7, 11) is 1.45. The molecule has 2 rings (SSSR count). The predicted octanol–water partition coefficient (Wildman–Crippen LogP) is 3.47. The number of nitrogens with one attached hydrogen (secondary N) is 1. The number of carbonyl (C=O) groups excluding carboxylic acids is 1. The van der Waals surface area contributed by atoms with E-state index in [9.17, 15) is 14.0 Å². The maximum absolute atomic E-state index is 13.1. The molecule has 2 aromatic rings. The van der Waals surface area contributed by atoms with Crippen LogP contribution in [0, 0.1) is 12.7 Å². The fraction of sp³-hybridized carbons (Fsp3) is 0.333. The number of carboxylic acid groups (broad SMARTS) is 1. The Labute approximate surface area is 149 Å². The van der Waals surface area contributed by atoms with Crippen LogP contribution in [0.2, 0.25) is 0 Å². The molecule has 0 spiro atoms. The number of aliphatic carboxylic acids is 1. The number of rotatable bonds is 7. The Morgan fingerprint density at radius 3 is 2.52 bits per heavy atom. The number of methoxy groups -OCH3 is 1. The van der Waals surface area contributed by atoms with Crippen molar-refractivity contribution in [2.24, 2.45) is 0 Å². The summed E-state index contributed by atoms with van der Waals surface area (Å²) >= 11 is 1.31. The third kappa shape index (κ3) is 4.87. The Bertz CT molecular complexity index is 772. The molecule has 0 aliphatic carbocycles. The van der Waals surface area contributed by atoms with Crippen molar-refractivity contribution >= 4 is 23.2 Å². The molecule has 0 aliphatic heterocycles. The average Bonchev–Trinajstić information content (AvgIpc) is 2.89. The molecule has 0 saturated heterocycles. The Hall–Kier alpha value is -2.25. The zero-order chi connectivity index (χ0) is 18.6. The van der Waals surface area contributed by atoms with E-state index >= 15 is 0 Å². The maximum atomic E-state index is 13.1. The van der Waals surface area contributed by atoms with Gasteiger partial charge >= 0.3 is 5.97 Å². The number of halogens is 1. The van der Waals surface area contributed by atoms with Crippen LogP contribution in [0.1, 0.15) is 27.9 Å². The number of ether oxygens (including phenoxy) is 1. The first-order valence-corrected chi connectivity index (χ1v) is 8.45. The van der Waals surface area contributed by atoms with E-state index in [0.717, 1.165) is 16.0 Å². The van der Waals surface area contributed by atoms with Gasteiger partial charge in [-0.25, -0.2) is 4.39 Å². The molecule has 1 atom stereocenters. The van der Waals surface area contributed by atoms with Crippen LogP contribution in [-0.2, 0) is 9.53 Å². The molecular weight excluding hydrogens is 345 g/mol. The molecule has 1 heterocycles. The lowest BCUT2D eigenvalue weighted by atomic mass is 9.98. The quantitative estimate of drug-likeness (QED) is 0.788. The van der Waals surface area contributed by atoms with Gasteiger partial charge in [-0.05, 0) is 43.2 Å². The average molecular weight is 365 g/mol. The van der Waals surface area contributed by atoms with Crippen molar-refractivity contribution in [3.63, 3.8) is 0 Å². The predicted molar refractivity (Wildman–Crippen MR) is 94.5 cm³/mol. The molecule has 0 bridgehead atoms. The van der Waals surface area contributed by atoms with Crippen molar-refractivity contribution in [3.8, 4) is 11.1 Å². The first kappa shape index (κ1) is 19.1. The zero-order valence-corrected chi connectivity index (χ0v) is 15.1. The first-order valence-electron chi connectivity index (χ1n) is 7.64. The fourth-order valence-electron chi connectivity index (χ4n) is 2.63. The molecular formula is C18H20FNO4S. The molecule has 0 radical (unpaired) electrons. The van der Waals surface area contributed by atoms with Crippen LogP contribution < -0.4 is 5.32 Å². The van der Waals surface area contributed by atoms with Gasteiger partial charge in [-0.3, -0.25) is 9.59 Å². The van der Waals surface area contributed by atoms with Gasteiger partial charge in [0.25, 0.3) is 5.91 Å². The van der Waals surface area contributed by atoms with Gasteiger partial charge in [0.2, 0.25) is 0 Å². The lowest BCUT2D eigenvalue weighted by molar-refractivity contribution is -0.139. The number of amides is 1. The molecule has 1 unspecified atom stereocenters. The third-order valence-electron chi connectivity index (χ3n) is 3.72. The van der Waals surface area contributed by atoms with Gasteiger partial charge in [0.15, 0.2) is 0 Å². The number of carboxylic acids is 1. The minimum absolute atomic E-state index is 0.0835. The van der Waals surface area contributed by atoms with Crippen molar-refractivity contribution in [2.45, 2.75) is 25.8 Å². The number of carbonyl (C=O) groups is 2. The SMILES string of the molecule is COCC(C)(CC(=O)O)NC(=O)c1cc(-c2ccc(F)cc2)c(C)s1. The second-order valence-electron chi connectivity index (χ2n) is 6.11. The standard InChI is InChI=1S/C18H20FNO4S/c1-11-14(12-4-6-13(19)7-5-12)8-15(25-11)17(23)20-18(2,10-24-3)9-16(21)22/h4-8H,9-10H2,1-3H3,(H,20,23)(H,21,22). The van der Waals surface area contributed by atoms with E-state index in [-0.39, 0.29) is 24.8 Å². The van der Waals surface area contributed by atoms with Crippen LogP contribution >= 0.6 is 11.3 Å². The lowest BCUT2D eigenvalue weighted by Crippen LogP contribution is -2.50. The van der Waals surface area contributed by atoms with Gasteiger partial charge in [0, 0.05) is 12.0 Å². The summed E-state index contributed by atoms with van der Waals surface area (Å²) in [6, 6.07) is 7.79. The molecule has 0 saturated carbocycles. The number of thiophene rings is 1. The highest BCUT2D eigenvalue weighted by Crippen LogP contribution is 2.31. The van der Waals surface area contributed by atoms with Crippen molar-refractivity contribution in [2.75, 3.05) is 13.7 Å². The monoisotopic (exact) mass is 365 g/mol. The summed E-state index contributed by atoms with van der Waals surface area (Å²) in [5.74, 6) is -1.70. The summed E-state index contributed by atoms with van der Waals surface area (Å²) in [6.45, 7) is 3.59. The van der Waals surface area contributed by atoms with Crippen molar-refractivity contribution < 1.29 is 23.8 Å².